The molecular weight excluding hydrogens is 244 g/mol. The predicted octanol–water partition coefficient (Wildman–Crippen LogP) is 1.46. The lowest BCUT2D eigenvalue weighted by Crippen LogP contribution is -2.03. The van der Waals surface area contributed by atoms with Crippen molar-refractivity contribution in [3.05, 3.63) is 30.7 Å². The van der Waals surface area contributed by atoms with Crippen molar-refractivity contribution in [2.24, 2.45) is 7.05 Å². The van der Waals surface area contributed by atoms with Crippen molar-refractivity contribution in [1.29, 1.82) is 0 Å². The van der Waals surface area contributed by atoms with Gasteiger partial charge in [-0.05, 0) is 18.2 Å². The van der Waals surface area contributed by atoms with Crippen LogP contribution in [0.25, 0.3) is 28.0 Å². The van der Waals surface area contributed by atoms with Crippen molar-refractivity contribution < 1.29 is 4.42 Å². The fourth-order valence-electron chi connectivity index (χ4n) is 2.19. The number of anilines is 1. The Bertz CT molecular complexity index is 886. The van der Waals surface area contributed by atoms with Crippen molar-refractivity contribution in [3.8, 4) is 11.5 Å². The highest BCUT2D eigenvalue weighted by molar-refractivity contribution is 5.93. The number of hydrogen-bond acceptors (Lipinski definition) is 5. The number of nitrogens with two attached hydrogens (primary N) is 1. The minimum atomic E-state index is 0.323. The molecule has 0 fully saturated rings. The standard InChI is InChI=1S/C12H10N6O/c1-17-11-7(6-14-17)9-5-8(10-3-2-4-19-10)16-18(9)12(13)15-11/h2-6H,1H3,(H2,13,15). The van der Waals surface area contributed by atoms with Crippen LogP contribution in [0, 0.1) is 0 Å². The summed E-state index contributed by atoms with van der Waals surface area (Å²) in [7, 11) is 1.83. The summed E-state index contributed by atoms with van der Waals surface area (Å²) in [6.45, 7) is 0. The molecule has 4 heterocycles. The number of aromatic nitrogens is 5. The van der Waals surface area contributed by atoms with Gasteiger partial charge in [-0.2, -0.15) is 19.7 Å². The fourth-order valence-corrected chi connectivity index (χ4v) is 2.19. The molecule has 7 nitrogen and oxygen atoms in total. The number of nitrogens with zero attached hydrogens (tertiary/aromatic N) is 5. The van der Waals surface area contributed by atoms with E-state index in [1.54, 1.807) is 21.7 Å². The fraction of sp³-hybridized carbons (Fsp3) is 0.0833. The predicted molar refractivity (Wildman–Crippen MR) is 69.4 cm³/mol. The van der Waals surface area contributed by atoms with Crippen molar-refractivity contribution >= 4 is 22.5 Å². The monoisotopic (exact) mass is 254 g/mol. The minimum absolute atomic E-state index is 0.323. The van der Waals surface area contributed by atoms with Crippen LogP contribution in [-0.4, -0.2) is 24.4 Å². The minimum Gasteiger partial charge on any atom is -0.463 e. The molecule has 4 aromatic rings. The van der Waals surface area contributed by atoms with Crippen LogP contribution < -0.4 is 5.73 Å². The normalized spacial score (nSPS) is 11.6. The lowest BCUT2D eigenvalue weighted by molar-refractivity contribution is 0.579. The molecule has 4 rings (SSSR count). The SMILES string of the molecule is Cn1ncc2c1nc(N)n1nc(-c3ccco3)cc21. The van der Waals surface area contributed by atoms with Crippen LogP contribution in [0.5, 0.6) is 0 Å². The topological polar surface area (TPSA) is 87.2 Å². The summed E-state index contributed by atoms with van der Waals surface area (Å²) in [5, 5.41) is 9.51. The van der Waals surface area contributed by atoms with Crippen molar-refractivity contribution in [2.45, 2.75) is 0 Å². The Labute approximate surface area is 107 Å². The van der Waals surface area contributed by atoms with E-state index >= 15 is 0 Å². The van der Waals surface area contributed by atoms with E-state index in [2.05, 4.69) is 15.2 Å². The number of hydrogen-bond donors (Lipinski definition) is 1. The van der Waals surface area contributed by atoms with E-state index in [4.69, 9.17) is 10.2 Å². The maximum atomic E-state index is 5.93. The molecule has 0 bridgehead atoms. The van der Waals surface area contributed by atoms with Gasteiger partial charge in [0.1, 0.15) is 5.69 Å². The van der Waals surface area contributed by atoms with E-state index in [9.17, 15) is 0 Å². The van der Waals surface area contributed by atoms with Gasteiger partial charge < -0.3 is 10.2 Å². The van der Waals surface area contributed by atoms with Crippen LogP contribution in [0.1, 0.15) is 0 Å². The maximum absolute atomic E-state index is 5.93. The van der Waals surface area contributed by atoms with E-state index in [1.807, 2.05) is 25.2 Å². The average Bonchev–Trinajstić information content (AvgIpc) is 3.08. The third kappa shape index (κ3) is 1.29. The molecule has 0 spiro atoms. The molecule has 0 amide bonds. The smallest absolute Gasteiger partial charge is 0.223 e. The van der Waals surface area contributed by atoms with Crippen LogP contribution in [0.2, 0.25) is 0 Å². The first kappa shape index (κ1) is 10.1. The van der Waals surface area contributed by atoms with Crippen LogP contribution in [-0.2, 0) is 7.05 Å². The number of fused-ring (bicyclic) bond motifs is 3. The van der Waals surface area contributed by atoms with Crippen LogP contribution in [0.15, 0.2) is 35.1 Å². The molecule has 4 aromatic heterocycles. The lowest BCUT2D eigenvalue weighted by atomic mass is 10.3. The van der Waals surface area contributed by atoms with Gasteiger partial charge in [-0.25, -0.2) is 0 Å². The molecule has 94 valence electrons. The molecule has 0 aliphatic rings. The first-order chi connectivity index (χ1) is 9.24. The first-order valence-electron chi connectivity index (χ1n) is 5.75. The Hall–Kier alpha value is -2.83. The van der Waals surface area contributed by atoms with Gasteiger partial charge >= 0.3 is 0 Å². The second-order valence-electron chi connectivity index (χ2n) is 4.28. The molecule has 0 unspecified atom stereocenters. The Morgan fingerprint density at radius 2 is 2.26 bits per heavy atom. The van der Waals surface area contributed by atoms with Crippen LogP contribution >= 0.6 is 0 Å². The quantitative estimate of drug-likeness (QED) is 0.555. The zero-order valence-electron chi connectivity index (χ0n) is 10.1. The Balaban J connectivity index is 2.12. The molecule has 0 saturated heterocycles. The maximum Gasteiger partial charge on any atom is 0.223 e. The van der Waals surface area contributed by atoms with Crippen molar-refractivity contribution in [2.75, 3.05) is 5.73 Å². The van der Waals surface area contributed by atoms with Gasteiger partial charge in [-0.1, -0.05) is 0 Å². The molecule has 0 aliphatic carbocycles. The van der Waals surface area contributed by atoms with Crippen LogP contribution in [0.4, 0.5) is 5.95 Å². The van der Waals surface area contributed by atoms with Gasteiger partial charge in [-0.3, -0.25) is 4.68 Å². The number of rotatable bonds is 1. The van der Waals surface area contributed by atoms with Gasteiger partial charge in [0.2, 0.25) is 5.95 Å². The highest BCUT2D eigenvalue weighted by atomic mass is 16.3. The Morgan fingerprint density at radius 3 is 3.05 bits per heavy atom. The summed E-state index contributed by atoms with van der Waals surface area (Å²) in [6, 6.07) is 5.59. The second kappa shape index (κ2) is 3.35. The molecule has 7 heteroatoms. The van der Waals surface area contributed by atoms with E-state index < -0.39 is 0 Å². The summed E-state index contributed by atoms with van der Waals surface area (Å²) in [6.07, 6.45) is 3.37. The summed E-state index contributed by atoms with van der Waals surface area (Å²) in [5.74, 6) is 1.02. The van der Waals surface area contributed by atoms with Gasteiger partial charge in [0.15, 0.2) is 11.4 Å². The Kier molecular flexibility index (Phi) is 1.78. The van der Waals surface area contributed by atoms with Gasteiger partial charge in [-0.15, -0.1) is 0 Å². The number of aryl methyl sites for hydroxylation is 1. The number of nitrogen functional groups attached to an aromatic ring is 1. The summed E-state index contributed by atoms with van der Waals surface area (Å²) < 4.78 is 8.63. The van der Waals surface area contributed by atoms with E-state index in [0.29, 0.717) is 11.7 Å². The third-order valence-electron chi connectivity index (χ3n) is 3.10. The lowest BCUT2D eigenvalue weighted by Gasteiger charge is -1.99. The van der Waals surface area contributed by atoms with E-state index in [1.165, 1.54) is 0 Å². The van der Waals surface area contributed by atoms with Gasteiger partial charge in [0.05, 0.1) is 23.4 Å². The molecule has 0 aromatic carbocycles. The largest absolute Gasteiger partial charge is 0.463 e. The average molecular weight is 254 g/mol. The van der Waals surface area contributed by atoms with Gasteiger partial charge in [0.25, 0.3) is 0 Å². The molecule has 19 heavy (non-hydrogen) atoms. The third-order valence-corrected chi connectivity index (χ3v) is 3.10. The van der Waals surface area contributed by atoms with Crippen molar-refractivity contribution in [3.63, 3.8) is 0 Å². The zero-order chi connectivity index (χ0) is 13.0. The Morgan fingerprint density at radius 1 is 1.37 bits per heavy atom. The summed E-state index contributed by atoms with van der Waals surface area (Å²) >= 11 is 0. The zero-order valence-corrected chi connectivity index (χ0v) is 10.1. The molecule has 0 saturated carbocycles. The van der Waals surface area contributed by atoms with Crippen molar-refractivity contribution in [1.82, 2.24) is 24.4 Å². The van der Waals surface area contributed by atoms with E-state index in [-0.39, 0.29) is 0 Å². The molecule has 0 atom stereocenters. The molecule has 0 aliphatic heterocycles. The van der Waals surface area contributed by atoms with E-state index in [0.717, 1.165) is 22.2 Å². The summed E-state index contributed by atoms with van der Waals surface area (Å²) in [5.41, 5.74) is 8.25. The van der Waals surface area contributed by atoms with Gasteiger partial charge in [0, 0.05) is 7.05 Å². The first-order valence-corrected chi connectivity index (χ1v) is 5.75. The molecule has 2 N–H and O–H groups in total. The molecule has 0 radical (unpaired) electrons. The molecular formula is C12H10N6O. The van der Waals surface area contributed by atoms with Crippen LogP contribution in [0.3, 0.4) is 0 Å². The second-order valence-corrected chi connectivity index (χ2v) is 4.28. The highest BCUT2D eigenvalue weighted by Crippen LogP contribution is 2.25. The number of furan rings is 1. The highest BCUT2D eigenvalue weighted by Gasteiger charge is 2.14. The summed E-state index contributed by atoms with van der Waals surface area (Å²) in [4.78, 5) is 4.31.